The fourth-order valence-electron chi connectivity index (χ4n) is 2.88. The summed E-state index contributed by atoms with van der Waals surface area (Å²) in [5, 5.41) is 3.02. The van der Waals surface area contributed by atoms with Crippen molar-refractivity contribution >= 4 is 37.2 Å². The zero-order chi connectivity index (χ0) is 15.2. The molecular formula is C13H13Cl2NO4S. The molecule has 114 valence electrons. The SMILES string of the molecule is O=C(NC1CC2CCC1O2)c1cc(Cl)cc(S(=O)(=O)Cl)c1. The predicted molar refractivity (Wildman–Crippen MR) is 78.3 cm³/mol. The van der Waals surface area contributed by atoms with Gasteiger partial charge in [0.1, 0.15) is 0 Å². The molecule has 2 heterocycles. The Labute approximate surface area is 132 Å². The van der Waals surface area contributed by atoms with E-state index in [0.717, 1.165) is 19.3 Å². The minimum Gasteiger partial charge on any atom is -0.373 e. The van der Waals surface area contributed by atoms with E-state index < -0.39 is 9.05 Å². The van der Waals surface area contributed by atoms with E-state index in [4.69, 9.17) is 27.0 Å². The predicted octanol–water partition coefficient (Wildman–Crippen LogP) is 2.32. The largest absolute Gasteiger partial charge is 0.373 e. The summed E-state index contributed by atoms with van der Waals surface area (Å²) in [4.78, 5) is 12.1. The molecule has 0 radical (unpaired) electrons. The molecule has 3 unspecified atom stereocenters. The van der Waals surface area contributed by atoms with Crippen LogP contribution in [0.15, 0.2) is 23.1 Å². The van der Waals surface area contributed by atoms with E-state index in [-0.39, 0.29) is 39.6 Å². The summed E-state index contributed by atoms with van der Waals surface area (Å²) in [6.07, 6.45) is 3.03. The van der Waals surface area contributed by atoms with E-state index in [1.807, 2.05) is 0 Å². The van der Waals surface area contributed by atoms with Crippen LogP contribution in [0, 0.1) is 0 Å². The second-order valence-corrected chi connectivity index (χ2v) is 8.31. The van der Waals surface area contributed by atoms with Crippen LogP contribution in [0.2, 0.25) is 5.02 Å². The summed E-state index contributed by atoms with van der Waals surface area (Å²) in [5.41, 5.74) is 0.171. The minimum atomic E-state index is -3.93. The van der Waals surface area contributed by atoms with Gasteiger partial charge in [-0.25, -0.2) is 8.42 Å². The van der Waals surface area contributed by atoms with Crippen LogP contribution in [0.25, 0.3) is 0 Å². The summed E-state index contributed by atoms with van der Waals surface area (Å²) in [5.74, 6) is -0.375. The van der Waals surface area contributed by atoms with Gasteiger partial charge in [-0.05, 0) is 37.5 Å². The lowest BCUT2D eigenvalue weighted by Crippen LogP contribution is -2.41. The molecule has 1 N–H and O–H groups in total. The van der Waals surface area contributed by atoms with Gasteiger partial charge in [-0.2, -0.15) is 0 Å². The van der Waals surface area contributed by atoms with E-state index in [1.54, 1.807) is 0 Å². The quantitative estimate of drug-likeness (QED) is 0.850. The van der Waals surface area contributed by atoms with Crippen LogP contribution in [0.5, 0.6) is 0 Å². The van der Waals surface area contributed by atoms with Crippen LogP contribution in [-0.4, -0.2) is 32.6 Å². The highest BCUT2D eigenvalue weighted by molar-refractivity contribution is 8.13. The minimum absolute atomic E-state index is 0.0358. The molecule has 0 saturated carbocycles. The molecule has 2 fully saturated rings. The number of carbonyl (C=O) groups excluding carboxylic acids is 1. The van der Waals surface area contributed by atoms with Crippen molar-refractivity contribution in [3.63, 3.8) is 0 Å². The van der Waals surface area contributed by atoms with Crippen molar-refractivity contribution in [1.29, 1.82) is 0 Å². The van der Waals surface area contributed by atoms with Gasteiger partial charge in [0, 0.05) is 21.3 Å². The summed E-state index contributed by atoms with van der Waals surface area (Å²) >= 11 is 5.85. The van der Waals surface area contributed by atoms with Crippen LogP contribution in [0.4, 0.5) is 0 Å². The van der Waals surface area contributed by atoms with Gasteiger partial charge in [0.25, 0.3) is 15.0 Å². The van der Waals surface area contributed by atoms with Crippen LogP contribution in [-0.2, 0) is 13.8 Å². The van der Waals surface area contributed by atoms with Crippen molar-refractivity contribution in [2.75, 3.05) is 0 Å². The van der Waals surface area contributed by atoms with E-state index in [9.17, 15) is 13.2 Å². The number of fused-ring (bicyclic) bond motifs is 2. The fraction of sp³-hybridized carbons (Fsp3) is 0.462. The van der Waals surface area contributed by atoms with Gasteiger partial charge in [0.05, 0.1) is 23.1 Å². The van der Waals surface area contributed by atoms with Gasteiger partial charge in [-0.3, -0.25) is 4.79 Å². The molecule has 0 aromatic heterocycles. The van der Waals surface area contributed by atoms with Crippen LogP contribution < -0.4 is 5.32 Å². The van der Waals surface area contributed by atoms with E-state index in [2.05, 4.69) is 5.32 Å². The van der Waals surface area contributed by atoms with Crippen LogP contribution in [0.3, 0.4) is 0 Å². The molecule has 3 rings (SSSR count). The van der Waals surface area contributed by atoms with Gasteiger partial charge in [-0.15, -0.1) is 0 Å². The summed E-state index contributed by atoms with van der Waals surface area (Å²) in [7, 11) is 1.36. The zero-order valence-electron chi connectivity index (χ0n) is 10.9. The van der Waals surface area contributed by atoms with Gasteiger partial charge < -0.3 is 10.1 Å². The Morgan fingerprint density at radius 2 is 2.05 bits per heavy atom. The molecule has 3 atom stereocenters. The molecular weight excluding hydrogens is 337 g/mol. The van der Waals surface area contributed by atoms with Crippen molar-refractivity contribution in [2.45, 2.75) is 42.4 Å². The smallest absolute Gasteiger partial charge is 0.261 e. The lowest BCUT2D eigenvalue weighted by molar-refractivity contribution is 0.0841. The fourth-order valence-corrected chi connectivity index (χ4v) is 3.98. The maximum absolute atomic E-state index is 12.2. The lowest BCUT2D eigenvalue weighted by atomic mass is 9.95. The highest BCUT2D eigenvalue weighted by atomic mass is 35.7. The summed E-state index contributed by atoms with van der Waals surface area (Å²) in [6.45, 7) is 0. The normalized spacial score (nSPS) is 27.8. The highest BCUT2D eigenvalue weighted by Crippen LogP contribution is 2.34. The Hall–Kier alpha value is -0.820. The van der Waals surface area contributed by atoms with E-state index in [1.165, 1.54) is 18.2 Å². The Kier molecular flexibility index (Phi) is 3.90. The topological polar surface area (TPSA) is 72.5 Å². The number of benzene rings is 1. The van der Waals surface area contributed by atoms with E-state index in [0.29, 0.717) is 0 Å². The van der Waals surface area contributed by atoms with Gasteiger partial charge in [0.15, 0.2) is 0 Å². The first-order valence-electron chi connectivity index (χ1n) is 6.54. The number of hydrogen-bond donors (Lipinski definition) is 1. The van der Waals surface area contributed by atoms with Gasteiger partial charge >= 0.3 is 0 Å². The summed E-state index contributed by atoms with van der Waals surface area (Å²) in [6, 6.07) is 3.81. The van der Waals surface area contributed by atoms with Crippen molar-refractivity contribution in [1.82, 2.24) is 5.32 Å². The standard InChI is InChI=1S/C13H13Cl2NO4S/c14-8-3-7(4-10(5-8)21(15,18)19)13(17)16-11-6-9-1-2-12(11)20-9/h3-5,9,11-12H,1-2,6H2,(H,16,17). The second-order valence-electron chi connectivity index (χ2n) is 5.30. The third kappa shape index (κ3) is 3.18. The average Bonchev–Trinajstić information content (AvgIpc) is 2.99. The number of carbonyl (C=O) groups is 1. The Balaban J connectivity index is 1.80. The van der Waals surface area contributed by atoms with E-state index >= 15 is 0 Å². The number of halogens is 2. The maximum atomic E-state index is 12.2. The number of ether oxygens (including phenoxy) is 1. The first-order chi connectivity index (χ1) is 9.83. The molecule has 1 aromatic carbocycles. The van der Waals surface area contributed by atoms with Crippen LogP contribution in [0.1, 0.15) is 29.6 Å². The van der Waals surface area contributed by atoms with Crippen molar-refractivity contribution in [3.05, 3.63) is 28.8 Å². The number of amides is 1. The average molecular weight is 350 g/mol. The number of hydrogen-bond acceptors (Lipinski definition) is 4. The molecule has 1 amide bonds. The first kappa shape index (κ1) is 15.1. The first-order valence-corrected chi connectivity index (χ1v) is 9.23. The van der Waals surface area contributed by atoms with Crippen LogP contribution >= 0.6 is 22.3 Å². The highest BCUT2D eigenvalue weighted by Gasteiger charge is 2.41. The molecule has 2 aliphatic rings. The third-order valence-electron chi connectivity index (χ3n) is 3.84. The second kappa shape index (κ2) is 5.43. The molecule has 5 nitrogen and oxygen atoms in total. The molecule has 2 aliphatic heterocycles. The van der Waals surface area contributed by atoms with Gasteiger partial charge in [0.2, 0.25) is 0 Å². The molecule has 0 aliphatic carbocycles. The molecule has 1 aromatic rings. The monoisotopic (exact) mass is 349 g/mol. The van der Waals surface area contributed by atoms with Crippen molar-refractivity contribution < 1.29 is 17.9 Å². The third-order valence-corrected chi connectivity index (χ3v) is 5.39. The van der Waals surface area contributed by atoms with Gasteiger partial charge in [-0.1, -0.05) is 11.6 Å². The Morgan fingerprint density at radius 3 is 2.62 bits per heavy atom. The molecule has 2 bridgehead atoms. The van der Waals surface area contributed by atoms with Crippen molar-refractivity contribution in [3.8, 4) is 0 Å². The number of rotatable bonds is 3. The number of nitrogens with one attached hydrogen (secondary N) is 1. The zero-order valence-corrected chi connectivity index (χ0v) is 13.2. The molecule has 21 heavy (non-hydrogen) atoms. The Morgan fingerprint density at radius 1 is 1.29 bits per heavy atom. The summed E-state index contributed by atoms with van der Waals surface area (Å²) < 4.78 is 28.4. The maximum Gasteiger partial charge on any atom is 0.261 e. The molecule has 2 saturated heterocycles. The molecule has 0 spiro atoms. The van der Waals surface area contributed by atoms with Crippen molar-refractivity contribution in [2.24, 2.45) is 0 Å². The molecule has 8 heteroatoms. The Bertz CT molecular complexity index is 691. The lowest BCUT2D eigenvalue weighted by Gasteiger charge is -2.20.